The molecular formula is C28H25NO2. The summed E-state index contributed by atoms with van der Waals surface area (Å²) >= 11 is 0. The number of ether oxygens (including phenoxy) is 1. The summed E-state index contributed by atoms with van der Waals surface area (Å²) in [6.07, 6.45) is 0. The standard InChI is InChI=1S/C28H25NO2/c1-31-25-19-17-24(18-20-25)27(23-15-9-4-10-16-23)29-28(30)26(21-11-5-2-6-12-21)22-13-7-3-8-14-22/h2-20,26-27H,1H3,(H,29,30)/t27-/m1/s1. The van der Waals surface area contributed by atoms with E-state index in [2.05, 4.69) is 5.32 Å². The third-order valence-electron chi connectivity index (χ3n) is 5.40. The van der Waals surface area contributed by atoms with E-state index in [0.29, 0.717) is 0 Å². The van der Waals surface area contributed by atoms with Crippen LogP contribution in [0, 0.1) is 0 Å². The van der Waals surface area contributed by atoms with Gasteiger partial charge in [0.15, 0.2) is 0 Å². The minimum atomic E-state index is -0.396. The fraction of sp³-hybridized carbons (Fsp3) is 0.107. The number of methoxy groups -OCH3 is 1. The van der Waals surface area contributed by atoms with Gasteiger partial charge in [0.05, 0.1) is 19.1 Å². The highest BCUT2D eigenvalue weighted by molar-refractivity contribution is 5.87. The van der Waals surface area contributed by atoms with E-state index in [4.69, 9.17) is 4.74 Å². The van der Waals surface area contributed by atoms with Crippen molar-refractivity contribution in [2.45, 2.75) is 12.0 Å². The van der Waals surface area contributed by atoms with Crippen LogP contribution in [0.2, 0.25) is 0 Å². The molecule has 0 saturated heterocycles. The molecule has 0 bridgehead atoms. The Bertz CT molecular complexity index is 1050. The topological polar surface area (TPSA) is 38.3 Å². The molecule has 4 aromatic carbocycles. The van der Waals surface area contributed by atoms with E-state index >= 15 is 0 Å². The molecule has 4 aromatic rings. The molecule has 0 aliphatic heterocycles. The Morgan fingerprint density at radius 1 is 0.613 bits per heavy atom. The Hall–Kier alpha value is -3.85. The number of amides is 1. The first-order valence-corrected chi connectivity index (χ1v) is 10.4. The van der Waals surface area contributed by atoms with Gasteiger partial charge in [-0.2, -0.15) is 0 Å². The number of carbonyl (C=O) groups excluding carboxylic acids is 1. The maximum absolute atomic E-state index is 13.7. The van der Waals surface area contributed by atoms with Crippen molar-refractivity contribution in [3.63, 3.8) is 0 Å². The quantitative estimate of drug-likeness (QED) is 0.425. The van der Waals surface area contributed by atoms with E-state index in [0.717, 1.165) is 28.0 Å². The Morgan fingerprint density at radius 3 is 1.48 bits per heavy atom. The van der Waals surface area contributed by atoms with Crippen LogP contribution >= 0.6 is 0 Å². The van der Waals surface area contributed by atoms with E-state index in [1.54, 1.807) is 7.11 Å². The van der Waals surface area contributed by atoms with Gasteiger partial charge in [-0.1, -0.05) is 103 Å². The molecule has 0 spiro atoms. The zero-order valence-corrected chi connectivity index (χ0v) is 17.4. The summed E-state index contributed by atoms with van der Waals surface area (Å²) in [6.45, 7) is 0. The molecule has 1 atom stereocenters. The molecule has 0 saturated carbocycles. The van der Waals surface area contributed by atoms with E-state index in [1.165, 1.54) is 0 Å². The molecule has 31 heavy (non-hydrogen) atoms. The number of hydrogen-bond acceptors (Lipinski definition) is 2. The fourth-order valence-corrected chi connectivity index (χ4v) is 3.81. The van der Waals surface area contributed by atoms with Gasteiger partial charge in [0.25, 0.3) is 0 Å². The molecule has 0 radical (unpaired) electrons. The lowest BCUT2D eigenvalue weighted by atomic mass is 9.89. The van der Waals surface area contributed by atoms with Crippen LogP contribution in [0.5, 0.6) is 5.75 Å². The second-order valence-electron chi connectivity index (χ2n) is 7.38. The van der Waals surface area contributed by atoms with Crippen molar-refractivity contribution in [2.75, 3.05) is 7.11 Å². The molecule has 4 rings (SSSR count). The van der Waals surface area contributed by atoms with Crippen molar-refractivity contribution in [3.05, 3.63) is 138 Å². The van der Waals surface area contributed by atoms with Crippen LogP contribution in [0.25, 0.3) is 0 Å². The summed E-state index contributed by atoms with van der Waals surface area (Å²) in [7, 11) is 1.65. The SMILES string of the molecule is COc1ccc([C@H](NC(=O)C(c2ccccc2)c2ccccc2)c2ccccc2)cc1. The van der Waals surface area contributed by atoms with Crippen LogP contribution in [0.15, 0.2) is 115 Å². The van der Waals surface area contributed by atoms with Crippen LogP contribution in [-0.4, -0.2) is 13.0 Å². The minimum Gasteiger partial charge on any atom is -0.497 e. The van der Waals surface area contributed by atoms with Crippen LogP contribution in [0.3, 0.4) is 0 Å². The van der Waals surface area contributed by atoms with Gasteiger partial charge in [0.1, 0.15) is 5.75 Å². The van der Waals surface area contributed by atoms with E-state index in [1.807, 2.05) is 115 Å². The van der Waals surface area contributed by atoms with Crippen molar-refractivity contribution in [3.8, 4) is 5.75 Å². The van der Waals surface area contributed by atoms with Crippen LogP contribution in [0.1, 0.15) is 34.2 Å². The van der Waals surface area contributed by atoms with E-state index < -0.39 is 5.92 Å². The van der Waals surface area contributed by atoms with Gasteiger partial charge in [0, 0.05) is 0 Å². The predicted octanol–water partition coefficient (Wildman–Crippen LogP) is 5.73. The first kappa shape index (κ1) is 20.4. The monoisotopic (exact) mass is 407 g/mol. The highest BCUT2D eigenvalue weighted by atomic mass is 16.5. The fourth-order valence-electron chi connectivity index (χ4n) is 3.81. The van der Waals surface area contributed by atoms with Gasteiger partial charge in [-0.3, -0.25) is 4.79 Å². The molecule has 3 heteroatoms. The zero-order chi connectivity index (χ0) is 21.5. The highest BCUT2D eigenvalue weighted by Crippen LogP contribution is 2.29. The van der Waals surface area contributed by atoms with E-state index in [9.17, 15) is 4.79 Å². The molecule has 0 aliphatic carbocycles. The Morgan fingerprint density at radius 2 is 1.03 bits per heavy atom. The van der Waals surface area contributed by atoms with Crippen LogP contribution in [-0.2, 0) is 4.79 Å². The number of benzene rings is 4. The molecule has 0 fully saturated rings. The summed E-state index contributed by atoms with van der Waals surface area (Å²) in [5.41, 5.74) is 3.96. The summed E-state index contributed by atoms with van der Waals surface area (Å²) in [4.78, 5) is 13.7. The smallest absolute Gasteiger partial charge is 0.232 e. The number of carbonyl (C=O) groups is 1. The number of rotatable bonds is 7. The molecule has 0 heterocycles. The van der Waals surface area contributed by atoms with Crippen LogP contribution in [0.4, 0.5) is 0 Å². The van der Waals surface area contributed by atoms with Crippen LogP contribution < -0.4 is 10.1 Å². The summed E-state index contributed by atoms with van der Waals surface area (Å²) < 4.78 is 5.30. The maximum atomic E-state index is 13.7. The molecule has 154 valence electrons. The Balaban J connectivity index is 1.71. The third kappa shape index (κ3) is 4.84. The molecular weight excluding hydrogens is 382 g/mol. The number of nitrogens with one attached hydrogen (secondary N) is 1. The highest BCUT2D eigenvalue weighted by Gasteiger charge is 2.26. The Labute approximate surface area is 183 Å². The summed E-state index contributed by atoms with van der Waals surface area (Å²) in [6, 6.07) is 37.4. The van der Waals surface area contributed by atoms with Crippen molar-refractivity contribution >= 4 is 5.91 Å². The molecule has 3 nitrogen and oxygen atoms in total. The minimum absolute atomic E-state index is 0.0397. The van der Waals surface area contributed by atoms with Crippen molar-refractivity contribution in [2.24, 2.45) is 0 Å². The molecule has 0 aromatic heterocycles. The number of hydrogen-bond donors (Lipinski definition) is 1. The Kier molecular flexibility index (Phi) is 6.44. The first-order chi connectivity index (χ1) is 15.3. The van der Waals surface area contributed by atoms with Gasteiger partial charge in [-0.05, 0) is 34.4 Å². The molecule has 1 amide bonds. The third-order valence-corrected chi connectivity index (χ3v) is 5.40. The lowest BCUT2D eigenvalue weighted by Gasteiger charge is -2.24. The van der Waals surface area contributed by atoms with Crippen molar-refractivity contribution < 1.29 is 9.53 Å². The largest absolute Gasteiger partial charge is 0.497 e. The average Bonchev–Trinajstić information content (AvgIpc) is 2.85. The van der Waals surface area contributed by atoms with Crippen molar-refractivity contribution in [1.29, 1.82) is 0 Å². The second kappa shape index (κ2) is 9.77. The van der Waals surface area contributed by atoms with Gasteiger partial charge in [-0.25, -0.2) is 0 Å². The zero-order valence-electron chi connectivity index (χ0n) is 17.4. The maximum Gasteiger partial charge on any atom is 0.232 e. The molecule has 0 aliphatic rings. The lowest BCUT2D eigenvalue weighted by molar-refractivity contribution is -0.122. The summed E-state index contributed by atoms with van der Waals surface area (Å²) in [5, 5.41) is 3.30. The lowest BCUT2D eigenvalue weighted by Crippen LogP contribution is -2.34. The average molecular weight is 408 g/mol. The van der Waals surface area contributed by atoms with Gasteiger partial charge >= 0.3 is 0 Å². The van der Waals surface area contributed by atoms with Crippen molar-refractivity contribution in [1.82, 2.24) is 5.32 Å². The molecule has 0 unspecified atom stereocenters. The summed E-state index contributed by atoms with van der Waals surface area (Å²) in [5.74, 6) is 0.349. The van der Waals surface area contributed by atoms with Gasteiger partial charge < -0.3 is 10.1 Å². The predicted molar refractivity (Wildman–Crippen MR) is 124 cm³/mol. The van der Waals surface area contributed by atoms with Gasteiger partial charge in [0.2, 0.25) is 5.91 Å². The van der Waals surface area contributed by atoms with E-state index in [-0.39, 0.29) is 11.9 Å². The second-order valence-corrected chi connectivity index (χ2v) is 7.38. The normalized spacial score (nSPS) is 11.7. The first-order valence-electron chi connectivity index (χ1n) is 10.4. The molecule has 1 N–H and O–H groups in total. The van der Waals surface area contributed by atoms with Gasteiger partial charge in [-0.15, -0.1) is 0 Å².